The van der Waals surface area contributed by atoms with Gasteiger partial charge in [-0.15, -0.1) is 11.3 Å². The molecule has 1 aliphatic carbocycles. The van der Waals surface area contributed by atoms with Crippen LogP contribution in [0.2, 0.25) is 0 Å². The van der Waals surface area contributed by atoms with Gasteiger partial charge in [-0.2, -0.15) is 5.26 Å². The van der Waals surface area contributed by atoms with Crippen molar-refractivity contribution in [2.24, 2.45) is 11.3 Å². The maximum atomic E-state index is 12.6. The van der Waals surface area contributed by atoms with Crippen LogP contribution in [0.5, 0.6) is 0 Å². The number of carbonyl (C=O) groups is 1. The van der Waals surface area contributed by atoms with Crippen LogP contribution in [0.25, 0.3) is 0 Å². The third kappa shape index (κ3) is 5.34. The van der Waals surface area contributed by atoms with Crippen molar-refractivity contribution in [3.8, 4) is 6.07 Å². The number of thiocarbonyl (C=S) groups is 1. The van der Waals surface area contributed by atoms with Gasteiger partial charge in [0, 0.05) is 10.4 Å². The largest absolute Gasteiger partial charge is 0.323 e. The molecule has 4 nitrogen and oxygen atoms in total. The minimum Gasteiger partial charge on any atom is -0.323 e. The van der Waals surface area contributed by atoms with Crippen molar-refractivity contribution < 1.29 is 4.79 Å². The number of thiophene rings is 1. The van der Waals surface area contributed by atoms with Crippen LogP contribution in [-0.4, -0.2) is 11.0 Å². The van der Waals surface area contributed by atoms with Gasteiger partial charge in [0.2, 0.25) is 0 Å². The smallest absolute Gasteiger partial charge is 0.257 e. The standard InChI is InChI=1S/C25H31N3OS2/c1-24(2,3)16-9-7-15(8-10-16)21(29)27-23(30)28-22-19(14-26)18-12-11-17(25(4,5)6)13-20(18)31-22/h7-10,17H,11-13H2,1-6H3,(H2,27,28,29,30)/t17-/m0/s1. The summed E-state index contributed by atoms with van der Waals surface area (Å²) < 4.78 is 0. The van der Waals surface area contributed by atoms with E-state index in [4.69, 9.17) is 12.2 Å². The molecular weight excluding hydrogens is 422 g/mol. The zero-order chi connectivity index (χ0) is 23.0. The number of fused-ring (bicyclic) bond motifs is 1. The molecule has 1 amide bonds. The Bertz CT molecular complexity index is 1030. The number of anilines is 1. The van der Waals surface area contributed by atoms with E-state index in [9.17, 15) is 10.1 Å². The maximum absolute atomic E-state index is 12.6. The molecule has 164 valence electrons. The van der Waals surface area contributed by atoms with Gasteiger partial charge in [-0.05, 0) is 71.5 Å². The summed E-state index contributed by atoms with van der Waals surface area (Å²) in [5.41, 5.74) is 3.80. The van der Waals surface area contributed by atoms with Gasteiger partial charge in [-0.3, -0.25) is 10.1 Å². The van der Waals surface area contributed by atoms with E-state index in [1.807, 2.05) is 24.3 Å². The Balaban J connectivity index is 1.70. The van der Waals surface area contributed by atoms with Crippen molar-refractivity contribution in [1.29, 1.82) is 5.26 Å². The molecule has 31 heavy (non-hydrogen) atoms. The molecule has 0 bridgehead atoms. The molecule has 0 unspecified atom stereocenters. The Hall–Kier alpha value is -2.23. The first-order valence-corrected chi connectivity index (χ1v) is 11.9. The molecule has 2 N–H and O–H groups in total. The minimum atomic E-state index is -0.259. The summed E-state index contributed by atoms with van der Waals surface area (Å²) in [4.78, 5) is 13.9. The SMILES string of the molecule is CC(C)(C)c1ccc(C(=O)NC(=S)Nc2sc3c(c2C#N)CC[C@H](C(C)(C)C)C3)cc1. The van der Waals surface area contributed by atoms with Crippen molar-refractivity contribution in [3.05, 3.63) is 51.4 Å². The number of carbonyl (C=O) groups excluding carboxylic acids is 1. The van der Waals surface area contributed by atoms with Crippen LogP contribution in [0.3, 0.4) is 0 Å². The molecule has 3 rings (SSSR count). The van der Waals surface area contributed by atoms with Crippen LogP contribution in [0.15, 0.2) is 24.3 Å². The molecule has 0 spiro atoms. The predicted molar refractivity (Wildman–Crippen MR) is 133 cm³/mol. The topological polar surface area (TPSA) is 64.9 Å². The molecule has 0 saturated heterocycles. The van der Waals surface area contributed by atoms with Gasteiger partial charge in [0.15, 0.2) is 5.11 Å². The van der Waals surface area contributed by atoms with Gasteiger partial charge in [0.1, 0.15) is 11.1 Å². The van der Waals surface area contributed by atoms with Crippen molar-refractivity contribution in [2.75, 3.05) is 5.32 Å². The monoisotopic (exact) mass is 453 g/mol. The van der Waals surface area contributed by atoms with E-state index in [1.54, 1.807) is 11.3 Å². The number of hydrogen-bond donors (Lipinski definition) is 2. The normalized spacial score (nSPS) is 16.2. The zero-order valence-corrected chi connectivity index (χ0v) is 20.8. The van der Waals surface area contributed by atoms with Crippen LogP contribution >= 0.6 is 23.6 Å². The fourth-order valence-electron chi connectivity index (χ4n) is 3.96. The van der Waals surface area contributed by atoms with E-state index >= 15 is 0 Å². The Labute approximate surface area is 195 Å². The van der Waals surface area contributed by atoms with E-state index in [1.165, 1.54) is 10.4 Å². The molecule has 1 aliphatic rings. The second kappa shape index (κ2) is 8.72. The summed E-state index contributed by atoms with van der Waals surface area (Å²) in [6.07, 6.45) is 2.99. The molecule has 6 heteroatoms. The Morgan fingerprint density at radius 3 is 2.35 bits per heavy atom. The molecule has 2 aromatic rings. The van der Waals surface area contributed by atoms with Gasteiger partial charge < -0.3 is 5.32 Å². The van der Waals surface area contributed by atoms with Gasteiger partial charge in [-0.1, -0.05) is 53.7 Å². The molecule has 0 fully saturated rings. The second-order valence-corrected chi connectivity index (χ2v) is 11.9. The van der Waals surface area contributed by atoms with Gasteiger partial charge in [0.05, 0.1) is 5.56 Å². The highest BCUT2D eigenvalue weighted by Gasteiger charge is 2.32. The molecular formula is C25H31N3OS2. The van der Waals surface area contributed by atoms with E-state index in [-0.39, 0.29) is 21.8 Å². The minimum absolute atomic E-state index is 0.0316. The number of hydrogen-bond acceptors (Lipinski definition) is 4. The highest BCUT2D eigenvalue weighted by molar-refractivity contribution is 7.80. The van der Waals surface area contributed by atoms with E-state index in [0.717, 1.165) is 29.8 Å². The molecule has 0 radical (unpaired) electrons. The molecule has 1 atom stereocenters. The first kappa shape index (κ1) is 23.4. The van der Waals surface area contributed by atoms with Crippen molar-refractivity contribution in [3.63, 3.8) is 0 Å². The molecule has 1 aromatic heterocycles. The lowest BCUT2D eigenvalue weighted by atomic mass is 9.72. The van der Waals surface area contributed by atoms with Crippen molar-refractivity contribution in [1.82, 2.24) is 5.32 Å². The van der Waals surface area contributed by atoms with Gasteiger partial charge >= 0.3 is 0 Å². The molecule has 0 saturated carbocycles. The Morgan fingerprint density at radius 2 is 1.81 bits per heavy atom. The maximum Gasteiger partial charge on any atom is 0.257 e. The zero-order valence-electron chi connectivity index (χ0n) is 19.2. The number of benzene rings is 1. The number of rotatable bonds is 2. The third-order valence-electron chi connectivity index (χ3n) is 6.07. The van der Waals surface area contributed by atoms with Crippen LogP contribution in [-0.2, 0) is 18.3 Å². The van der Waals surface area contributed by atoms with E-state index in [2.05, 4.69) is 58.2 Å². The first-order chi connectivity index (χ1) is 14.4. The summed E-state index contributed by atoms with van der Waals surface area (Å²) in [6.45, 7) is 13.2. The summed E-state index contributed by atoms with van der Waals surface area (Å²) in [5.74, 6) is 0.339. The van der Waals surface area contributed by atoms with E-state index in [0.29, 0.717) is 17.0 Å². The fourth-order valence-corrected chi connectivity index (χ4v) is 5.50. The highest BCUT2D eigenvalue weighted by atomic mass is 32.1. The lowest BCUT2D eigenvalue weighted by Gasteiger charge is -2.33. The lowest BCUT2D eigenvalue weighted by molar-refractivity contribution is 0.0977. The lowest BCUT2D eigenvalue weighted by Crippen LogP contribution is -2.34. The summed E-state index contributed by atoms with van der Waals surface area (Å²) in [6, 6.07) is 9.91. The quantitative estimate of drug-likeness (QED) is 0.532. The number of nitrogens with zero attached hydrogens (tertiary/aromatic N) is 1. The van der Waals surface area contributed by atoms with Crippen LogP contribution in [0.4, 0.5) is 5.00 Å². The summed E-state index contributed by atoms with van der Waals surface area (Å²) >= 11 is 6.97. The predicted octanol–water partition coefficient (Wildman–Crippen LogP) is 6.20. The third-order valence-corrected chi connectivity index (χ3v) is 7.44. The van der Waals surface area contributed by atoms with Gasteiger partial charge in [0.25, 0.3) is 5.91 Å². The van der Waals surface area contributed by atoms with Gasteiger partial charge in [-0.25, -0.2) is 0 Å². The first-order valence-electron chi connectivity index (χ1n) is 10.7. The Morgan fingerprint density at radius 1 is 1.16 bits per heavy atom. The van der Waals surface area contributed by atoms with Crippen molar-refractivity contribution in [2.45, 2.75) is 66.2 Å². The van der Waals surface area contributed by atoms with Crippen LogP contribution in [0.1, 0.15) is 79.9 Å². The molecule has 1 aromatic carbocycles. The molecule has 0 aliphatic heterocycles. The Kier molecular flexibility index (Phi) is 6.59. The molecule has 1 heterocycles. The summed E-state index contributed by atoms with van der Waals surface area (Å²) in [5, 5.41) is 16.5. The van der Waals surface area contributed by atoms with Crippen LogP contribution < -0.4 is 10.6 Å². The van der Waals surface area contributed by atoms with Crippen molar-refractivity contribution >= 4 is 39.6 Å². The average Bonchev–Trinajstić information content (AvgIpc) is 3.02. The van der Waals surface area contributed by atoms with E-state index < -0.39 is 0 Å². The fraction of sp³-hybridized carbons (Fsp3) is 0.480. The number of nitrogens with one attached hydrogen (secondary N) is 2. The second-order valence-electron chi connectivity index (χ2n) is 10.4. The summed E-state index contributed by atoms with van der Waals surface area (Å²) in [7, 11) is 0. The highest BCUT2D eigenvalue weighted by Crippen LogP contribution is 2.43. The average molecular weight is 454 g/mol. The number of amides is 1. The van der Waals surface area contributed by atoms with Crippen LogP contribution in [0, 0.1) is 22.7 Å². The number of nitriles is 1.